The van der Waals surface area contributed by atoms with E-state index in [0.717, 1.165) is 5.69 Å². The van der Waals surface area contributed by atoms with Gasteiger partial charge in [-0.3, -0.25) is 19.4 Å². The minimum absolute atomic E-state index is 0.0552. The zero-order valence-electron chi connectivity index (χ0n) is 15.1. The van der Waals surface area contributed by atoms with Crippen LogP contribution in [0.15, 0.2) is 59.7 Å². The van der Waals surface area contributed by atoms with Crippen molar-refractivity contribution in [2.45, 2.75) is 19.4 Å². The first-order chi connectivity index (χ1) is 13.0. The Morgan fingerprint density at radius 3 is 2.26 bits per heavy atom. The summed E-state index contributed by atoms with van der Waals surface area (Å²) in [5.41, 5.74) is 2.10. The van der Waals surface area contributed by atoms with E-state index in [2.05, 4.69) is 15.7 Å². The second-order valence-electron chi connectivity index (χ2n) is 6.17. The molecule has 1 atom stereocenters. The van der Waals surface area contributed by atoms with Crippen LogP contribution >= 0.6 is 0 Å². The number of carbonyl (C=O) groups excluding carboxylic acids is 3. The van der Waals surface area contributed by atoms with Crippen LogP contribution in [0, 0.1) is 0 Å². The predicted molar refractivity (Wildman–Crippen MR) is 104 cm³/mol. The van der Waals surface area contributed by atoms with Crippen molar-refractivity contribution in [3.8, 4) is 0 Å². The second kappa shape index (κ2) is 7.82. The van der Waals surface area contributed by atoms with Crippen LogP contribution in [0.5, 0.6) is 0 Å². The first-order valence-electron chi connectivity index (χ1n) is 8.55. The molecule has 27 heavy (non-hydrogen) atoms. The third-order valence-corrected chi connectivity index (χ3v) is 4.29. The van der Waals surface area contributed by atoms with Gasteiger partial charge in [0, 0.05) is 24.7 Å². The number of para-hydroxylation sites is 1. The molecule has 0 aromatic heterocycles. The first-order valence-corrected chi connectivity index (χ1v) is 8.55. The molecule has 2 N–H and O–H groups in total. The van der Waals surface area contributed by atoms with E-state index in [1.54, 1.807) is 36.3 Å². The maximum Gasteiger partial charge on any atom is 0.271 e. The van der Waals surface area contributed by atoms with Crippen molar-refractivity contribution in [2.24, 2.45) is 5.10 Å². The molecule has 2 aromatic rings. The van der Waals surface area contributed by atoms with Crippen LogP contribution in [-0.4, -0.2) is 36.4 Å². The fourth-order valence-corrected chi connectivity index (χ4v) is 2.84. The minimum atomic E-state index is -0.497. The maximum atomic E-state index is 12.6. The number of anilines is 2. The van der Waals surface area contributed by atoms with Crippen LogP contribution < -0.4 is 15.6 Å². The molecule has 0 aliphatic carbocycles. The number of benzene rings is 2. The summed E-state index contributed by atoms with van der Waals surface area (Å²) in [5, 5.41) is 11.3. The molecule has 0 spiro atoms. The van der Waals surface area contributed by atoms with E-state index in [4.69, 9.17) is 0 Å². The number of hydrogen-bond donors (Lipinski definition) is 2. The zero-order chi connectivity index (χ0) is 19.4. The van der Waals surface area contributed by atoms with Crippen LogP contribution in [0.2, 0.25) is 0 Å². The van der Waals surface area contributed by atoms with Crippen LogP contribution in [0.25, 0.3) is 0 Å². The molecule has 0 radical (unpaired) electrons. The predicted octanol–water partition coefficient (Wildman–Crippen LogP) is 2.21. The van der Waals surface area contributed by atoms with Crippen LogP contribution in [0.4, 0.5) is 11.4 Å². The van der Waals surface area contributed by atoms with Gasteiger partial charge in [-0.05, 0) is 43.3 Å². The van der Waals surface area contributed by atoms with Crippen molar-refractivity contribution < 1.29 is 14.4 Å². The van der Waals surface area contributed by atoms with Crippen molar-refractivity contribution in [3.05, 3.63) is 60.2 Å². The number of nitrogens with one attached hydrogen (secondary N) is 2. The molecule has 0 saturated heterocycles. The number of nitrogens with zero attached hydrogens (tertiary/aromatic N) is 2. The van der Waals surface area contributed by atoms with Gasteiger partial charge in [0.1, 0.15) is 11.8 Å². The molecular formula is C20H20N4O3. The number of hydrogen-bond acceptors (Lipinski definition) is 5. The van der Waals surface area contributed by atoms with Crippen molar-refractivity contribution in [3.63, 3.8) is 0 Å². The van der Waals surface area contributed by atoms with E-state index >= 15 is 0 Å². The lowest BCUT2D eigenvalue weighted by molar-refractivity contribution is -0.118. The van der Waals surface area contributed by atoms with E-state index in [0.29, 0.717) is 11.3 Å². The largest absolute Gasteiger partial charge is 0.355 e. The summed E-state index contributed by atoms with van der Waals surface area (Å²) in [6.07, 6.45) is 0.242. The molecular weight excluding hydrogens is 344 g/mol. The molecule has 138 valence electrons. The lowest BCUT2D eigenvalue weighted by Gasteiger charge is -2.20. The summed E-state index contributed by atoms with van der Waals surface area (Å²) in [7, 11) is 1.56. The molecule has 2 aromatic carbocycles. The van der Waals surface area contributed by atoms with Gasteiger partial charge in [-0.15, -0.1) is 0 Å². The van der Waals surface area contributed by atoms with E-state index in [1.165, 1.54) is 6.92 Å². The average molecular weight is 364 g/mol. The van der Waals surface area contributed by atoms with Gasteiger partial charge in [0.15, 0.2) is 5.78 Å². The molecule has 1 heterocycles. The third-order valence-electron chi connectivity index (χ3n) is 4.29. The smallest absolute Gasteiger partial charge is 0.271 e. The first kappa shape index (κ1) is 18.3. The number of Topliss-reactive ketones (excluding diaryl/α,β-unsaturated/α-hetero) is 1. The van der Waals surface area contributed by atoms with Crippen molar-refractivity contribution >= 4 is 34.7 Å². The number of ketones is 1. The molecule has 0 bridgehead atoms. The highest BCUT2D eigenvalue weighted by Crippen LogP contribution is 2.25. The van der Waals surface area contributed by atoms with Crippen molar-refractivity contribution in [1.82, 2.24) is 5.32 Å². The fourth-order valence-electron chi connectivity index (χ4n) is 2.84. The minimum Gasteiger partial charge on any atom is -0.355 e. The number of carbonyl (C=O) groups is 3. The van der Waals surface area contributed by atoms with E-state index in [9.17, 15) is 14.4 Å². The Bertz CT molecular complexity index is 891. The average Bonchev–Trinajstić information content (AvgIpc) is 3.14. The van der Waals surface area contributed by atoms with Gasteiger partial charge in [-0.2, -0.15) is 5.10 Å². The summed E-state index contributed by atoms with van der Waals surface area (Å²) < 4.78 is 0. The number of amides is 2. The summed E-state index contributed by atoms with van der Waals surface area (Å²) >= 11 is 0. The summed E-state index contributed by atoms with van der Waals surface area (Å²) in [4.78, 5) is 36.1. The molecule has 2 amide bonds. The van der Waals surface area contributed by atoms with Crippen molar-refractivity contribution in [1.29, 1.82) is 0 Å². The SMILES string of the molecule is CNC(=O)c1ccc(NC(=O)C2=NN(c3ccccc3)C(C(C)=O)C2)cc1. The molecule has 1 unspecified atom stereocenters. The highest BCUT2D eigenvalue weighted by atomic mass is 16.2. The van der Waals surface area contributed by atoms with Gasteiger partial charge in [0.05, 0.1) is 5.69 Å². The maximum absolute atomic E-state index is 12.6. The normalized spacial score (nSPS) is 15.9. The Morgan fingerprint density at radius 2 is 1.67 bits per heavy atom. The lowest BCUT2D eigenvalue weighted by Crippen LogP contribution is -2.33. The van der Waals surface area contributed by atoms with E-state index in [-0.39, 0.29) is 29.7 Å². The monoisotopic (exact) mass is 364 g/mol. The summed E-state index contributed by atoms with van der Waals surface area (Å²) in [6.45, 7) is 1.49. The summed E-state index contributed by atoms with van der Waals surface area (Å²) in [5.74, 6) is -0.622. The second-order valence-corrected chi connectivity index (χ2v) is 6.17. The third kappa shape index (κ3) is 4.03. The highest BCUT2D eigenvalue weighted by Gasteiger charge is 2.34. The van der Waals surface area contributed by atoms with Gasteiger partial charge in [-0.25, -0.2) is 0 Å². The van der Waals surface area contributed by atoms with Gasteiger partial charge < -0.3 is 10.6 Å². The molecule has 3 rings (SSSR count). The number of rotatable bonds is 5. The van der Waals surface area contributed by atoms with E-state index in [1.807, 2.05) is 30.3 Å². The van der Waals surface area contributed by atoms with E-state index < -0.39 is 6.04 Å². The van der Waals surface area contributed by atoms with Crippen molar-refractivity contribution in [2.75, 3.05) is 17.4 Å². The molecule has 0 saturated carbocycles. The van der Waals surface area contributed by atoms with Crippen LogP contribution in [-0.2, 0) is 9.59 Å². The molecule has 7 heteroatoms. The van der Waals surface area contributed by atoms with Gasteiger partial charge in [0.25, 0.3) is 11.8 Å². The van der Waals surface area contributed by atoms with Crippen LogP contribution in [0.3, 0.4) is 0 Å². The fraction of sp³-hybridized carbons (Fsp3) is 0.200. The molecule has 1 aliphatic heterocycles. The Morgan fingerprint density at radius 1 is 1.00 bits per heavy atom. The Hall–Kier alpha value is -3.48. The number of hydrazone groups is 1. The summed E-state index contributed by atoms with van der Waals surface area (Å²) in [6, 6.07) is 15.3. The topological polar surface area (TPSA) is 90.9 Å². The molecule has 7 nitrogen and oxygen atoms in total. The Labute approximate surface area is 157 Å². The van der Waals surface area contributed by atoms with Gasteiger partial charge in [0.2, 0.25) is 0 Å². The highest BCUT2D eigenvalue weighted by molar-refractivity contribution is 6.44. The Kier molecular flexibility index (Phi) is 5.30. The standard InChI is InChI=1S/C20H20N4O3/c1-13(25)18-12-17(23-24(18)16-6-4-3-5-7-16)20(27)22-15-10-8-14(9-11-15)19(26)21-2/h3-11,18H,12H2,1-2H3,(H,21,26)(H,22,27). The Balaban J connectivity index is 1.76. The molecule has 0 fully saturated rings. The quantitative estimate of drug-likeness (QED) is 0.851. The van der Waals surface area contributed by atoms with Gasteiger partial charge in [-0.1, -0.05) is 18.2 Å². The van der Waals surface area contributed by atoms with Gasteiger partial charge >= 0.3 is 0 Å². The zero-order valence-corrected chi connectivity index (χ0v) is 15.1. The molecule has 1 aliphatic rings. The lowest BCUT2D eigenvalue weighted by atomic mass is 10.1. The van der Waals surface area contributed by atoms with Crippen LogP contribution in [0.1, 0.15) is 23.7 Å².